The van der Waals surface area contributed by atoms with Crippen molar-refractivity contribution < 1.29 is 32.7 Å². The van der Waals surface area contributed by atoms with Crippen molar-refractivity contribution in [2.75, 3.05) is 0 Å². The minimum atomic E-state index is 0. The third-order valence-corrected chi connectivity index (χ3v) is 2.90. The first-order valence-corrected chi connectivity index (χ1v) is 5.73. The number of fused-ring (bicyclic) bond motifs is 1. The van der Waals surface area contributed by atoms with Crippen LogP contribution >= 0.6 is 0 Å². The Hall–Kier alpha value is -0.976. The van der Waals surface area contributed by atoms with Gasteiger partial charge in [-0.2, -0.15) is 30.3 Å². The molecule has 3 aromatic carbocycles. The Morgan fingerprint density at radius 3 is 2.50 bits per heavy atom. The van der Waals surface area contributed by atoms with E-state index in [0.29, 0.717) is 0 Å². The Morgan fingerprint density at radius 2 is 1.72 bits per heavy atom. The van der Waals surface area contributed by atoms with E-state index in [-0.39, 0.29) is 32.7 Å². The molecule has 3 aromatic rings. The molecule has 0 fully saturated rings. The Balaban J connectivity index is 0.00000120. The van der Waals surface area contributed by atoms with Crippen LogP contribution in [0, 0.1) is 19.1 Å². The number of hydrogen-bond acceptors (Lipinski definition) is 0. The molecule has 1 heteroatoms. The predicted molar refractivity (Wildman–Crippen MR) is 71.8 cm³/mol. The van der Waals surface area contributed by atoms with E-state index >= 15 is 0 Å². The van der Waals surface area contributed by atoms with Crippen LogP contribution in [0.1, 0.15) is 5.56 Å². The maximum Gasteiger partial charge on any atom is 0 e. The van der Waals surface area contributed by atoms with Crippen molar-refractivity contribution in [3.8, 4) is 11.1 Å². The van der Waals surface area contributed by atoms with Crippen molar-refractivity contribution >= 4 is 10.8 Å². The zero-order valence-electron chi connectivity index (χ0n) is 10.3. The summed E-state index contributed by atoms with van der Waals surface area (Å²) >= 11 is 0. The molecule has 0 N–H and O–H groups in total. The molecule has 0 aromatic heterocycles. The van der Waals surface area contributed by atoms with Gasteiger partial charge in [0.25, 0.3) is 0 Å². The van der Waals surface area contributed by atoms with Crippen molar-refractivity contribution in [2.45, 2.75) is 6.92 Å². The fourth-order valence-electron chi connectivity index (χ4n) is 2.15. The molecular formula is C17H12Y-2. The first-order valence-electron chi connectivity index (χ1n) is 5.73. The monoisotopic (exact) mass is 305 g/mol. The molecule has 18 heavy (non-hydrogen) atoms. The van der Waals surface area contributed by atoms with Crippen molar-refractivity contribution in [3.05, 3.63) is 72.3 Å². The second-order valence-corrected chi connectivity index (χ2v) is 4.19. The molecule has 0 saturated heterocycles. The molecule has 0 heterocycles. The van der Waals surface area contributed by atoms with Crippen LogP contribution in [-0.4, -0.2) is 0 Å². The van der Waals surface area contributed by atoms with Crippen LogP contribution in [0.2, 0.25) is 0 Å². The average molecular weight is 305 g/mol. The molecule has 0 aliphatic rings. The molecular weight excluding hydrogens is 293 g/mol. The second-order valence-electron chi connectivity index (χ2n) is 4.19. The zero-order valence-corrected chi connectivity index (χ0v) is 13.1. The maximum absolute atomic E-state index is 3.44. The van der Waals surface area contributed by atoms with Crippen LogP contribution in [0.5, 0.6) is 0 Å². The van der Waals surface area contributed by atoms with E-state index in [4.69, 9.17) is 0 Å². The van der Waals surface area contributed by atoms with Gasteiger partial charge in [0.15, 0.2) is 0 Å². The van der Waals surface area contributed by atoms with E-state index in [1.54, 1.807) is 0 Å². The Bertz CT molecular complexity index is 657. The van der Waals surface area contributed by atoms with Crippen molar-refractivity contribution in [1.82, 2.24) is 0 Å². The summed E-state index contributed by atoms with van der Waals surface area (Å²) in [5, 5.41) is 2.50. The van der Waals surface area contributed by atoms with Crippen molar-refractivity contribution in [3.63, 3.8) is 0 Å². The smallest absolute Gasteiger partial charge is 0 e. The normalized spacial score (nSPS) is 10.1. The molecule has 0 atom stereocenters. The molecule has 85 valence electrons. The molecule has 0 aliphatic heterocycles. The van der Waals surface area contributed by atoms with E-state index in [2.05, 4.69) is 55.5 Å². The first-order chi connectivity index (χ1) is 8.34. The predicted octanol–water partition coefficient (Wildman–Crippen LogP) is 4.41. The third kappa shape index (κ3) is 2.55. The number of benzene rings is 3. The maximum atomic E-state index is 3.44. The van der Waals surface area contributed by atoms with Crippen LogP contribution in [0.25, 0.3) is 21.9 Å². The number of hydrogen-bond donors (Lipinski definition) is 0. The van der Waals surface area contributed by atoms with Crippen LogP contribution < -0.4 is 0 Å². The topological polar surface area (TPSA) is 0 Å². The van der Waals surface area contributed by atoms with Crippen molar-refractivity contribution in [1.29, 1.82) is 0 Å². The average Bonchev–Trinajstić information content (AvgIpc) is 2.39. The molecule has 0 aliphatic carbocycles. The summed E-state index contributed by atoms with van der Waals surface area (Å²) in [4.78, 5) is 0. The van der Waals surface area contributed by atoms with E-state index in [1.807, 2.05) is 18.2 Å². The largest absolute Gasteiger partial charge is 0.226 e. The number of aryl methyl sites for hydroxylation is 1. The van der Waals surface area contributed by atoms with Crippen LogP contribution in [0.3, 0.4) is 0 Å². The summed E-state index contributed by atoms with van der Waals surface area (Å²) in [5.74, 6) is 0. The molecule has 0 spiro atoms. The summed E-state index contributed by atoms with van der Waals surface area (Å²) < 4.78 is 0. The van der Waals surface area contributed by atoms with Gasteiger partial charge in [0.05, 0.1) is 0 Å². The summed E-state index contributed by atoms with van der Waals surface area (Å²) in [6, 6.07) is 25.3. The summed E-state index contributed by atoms with van der Waals surface area (Å²) in [6.07, 6.45) is 0. The van der Waals surface area contributed by atoms with Gasteiger partial charge in [0.1, 0.15) is 0 Å². The van der Waals surface area contributed by atoms with Crippen LogP contribution in [0.4, 0.5) is 0 Å². The Kier molecular flexibility index (Phi) is 4.32. The molecule has 3 rings (SSSR count). The minimum Gasteiger partial charge on any atom is -0.226 e. The molecule has 0 bridgehead atoms. The SMILES string of the molecule is Cc1[c-]c(-c2[c-]cccc2)c2ccccc2c1.[Y]. The number of rotatable bonds is 1. The Morgan fingerprint density at radius 1 is 0.944 bits per heavy atom. The van der Waals surface area contributed by atoms with Gasteiger partial charge in [0.2, 0.25) is 0 Å². The molecule has 0 amide bonds. The van der Waals surface area contributed by atoms with Crippen molar-refractivity contribution in [2.24, 2.45) is 0 Å². The summed E-state index contributed by atoms with van der Waals surface area (Å²) in [6.45, 7) is 2.08. The minimum absolute atomic E-state index is 0. The van der Waals surface area contributed by atoms with Gasteiger partial charge in [-0.05, 0) is 0 Å². The van der Waals surface area contributed by atoms with Gasteiger partial charge in [-0.15, -0.1) is 34.5 Å². The summed E-state index contributed by atoms with van der Waals surface area (Å²) in [7, 11) is 0. The second kappa shape index (κ2) is 5.78. The molecule has 0 unspecified atom stereocenters. The quantitative estimate of drug-likeness (QED) is 0.584. The van der Waals surface area contributed by atoms with Gasteiger partial charge >= 0.3 is 0 Å². The van der Waals surface area contributed by atoms with Crippen LogP contribution in [0.15, 0.2) is 54.6 Å². The zero-order chi connectivity index (χ0) is 11.7. The van der Waals surface area contributed by atoms with Gasteiger partial charge in [-0.1, -0.05) is 25.1 Å². The van der Waals surface area contributed by atoms with Gasteiger partial charge in [0, 0.05) is 32.7 Å². The third-order valence-electron chi connectivity index (χ3n) is 2.90. The van der Waals surface area contributed by atoms with E-state index in [0.717, 1.165) is 16.7 Å². The van der Waals surface area contributed by atoms with Gasteiger partial charge < -0.3 is 0 Å². The molecule has 0 saturated carbocycles. The van der Waals surface area contributed by atoms with E-state index in [1.165, 1.54) is 10.8 Å². The summed E-state index contributed by atoms with van der Waals surface area (Å²) in [5.41, 5.74) is 3.41. The van der Waals surface area contributed by atoms with E-state index < -0.39 is 0 Å². The molecule has 1 radical (unpaired) electrons. The van der Waals surface area contributed by atoms with Gasteiger partial charge in [-0.25, -0.2) is 11.1 Å². The Labute approximate surface area is 133 Å². The fraction of sp³-hybridized carbons (Fsp3) is 0.0588. The van der Waals surface area contributed by atoms with Crippen LogP contribution in [-0.2, 0) is 32.7 Å². The standard InChI is InChI=1S/C17H12.Y/c1-13-11-15-9-5-6-10-16(15)17(12-13)14-7-3-2-4-8-14;/h2-7,9-11H,1H3;/q-2;. The van der Waals surface area contributed by atoms with E-state index in [9.17, 15) is 0 Å². The fourth-order valence-corrected chi connectivity index (χ4v) is 2.15. The first kappa shape index (κ1) is 13.5. The van der Waals surface area contributed by atoms with Gasteiger partial charge in [-0.3, -0.25) is 0 Å². The molecule has 0 nitrogen and oxygen atoms in total.